The van der Waals surface area contributed by atoms with Crippen molar-refractivity contribution in [1.82, 2.24) is 4.98 Å². The molecule has 0 N–H and O–H groups in total. The maximum Gasteiger partial charge on any atom is 0.309 e. The number of pyridine rings is 1. The van der Waals surface area contributed by atoms with Gasteiger partial charge in [0, 0.05) is 23.4 Å². The molecule has 2 aromatic rings. The molecule has 1 aromatic carbocycles. The molecule has 1 aliphatic heterocycles. The molecule has 0 radical (unpaired) electrons. The topological polar surface area (TPSA) is 42.4 Å². The summed E-state index contributed by atoms with van der Waals surface area (Å²) in [5.41, 5.74) is 2.29. The number of aryl methyl sites for hydroxylation is 1. The number of hydrogen-bond acceptors (Lipinski definition) is 5. The highest BCUT2D eigenvalue weighted by Gasteiger charge is 2.26. The van der Waals surface area contributed by atoms with Crippen LogP contribution in [0.25, 0.3) is 10.9 Å². The number of esters is 1. The van der Waals surface area contributed by atoms with E-state index in [9.17, 15) is 4.79 Å². The zero-order valence-corrected chi connectivity index (χ0v) is 15.4. The number of aromatic nitrogens is 1. The lowest BCUT2D eigenvalue weighted by atomic mass is 9.97. The Morgan fingerprint density at radius 3 is 2.75 bits per heavy atom. The van der Waals surface area contributed by atoms with Crippen LogP contribution in [0.3, 0.4) is 0 Å². The SMILES string of the molecule is CCOC(=O)C1CCN(c2cc(C)c3cc(SC)ccc3n2)CC1. The van der Waals surface area contributed by atoms with Gasteiger partial charge in [0.2, 0.25) is 0 Å². The first kappa shape index (κ1) is 17.1. The fraction of sp³-hybridized carbons (Fsp3) is 0.474. The van der Waals surface area contributed by atoms with Crippen molar-refractivity contribution in [2.24, 2.45) is 5.92 Å². The highest BCUT2D eigenvalue weighted by atomic mass is 32.2. The van der Waals surface area contributed by atoms with Crippen LogP contribution in [0.15, 0.2) is 29.2 Å². The average Bonchev–Trinajstić information content (AvgIpc) is 2.61. The van der Waals surface area contributed by atoms with Crippen LogP contribution in [0.2, 0.25) is 0 Å². The van der Waals surface area contributed by atoms with Crippen LogP contribution in [0.5, 0.6) is 0 Å². The van der Waals surface area contributed by atoms with Gasteiger partial charge < -0.3 is 9.64 Å². The molecule has 1 fully saturated rings. The number of fused-ring (bicyclic) bond motifs is 1. The number of carbonyl (C=O) groups is 1. The first-order chi connectivity index (χ1) is 11.6. The third-order valence-electron chi connectivity index (χ3n) is 4.65. The molecule has 0 unspecified atom stereocenters. The van der Waals surface area contributed by atoms with Crippen LogP contribution in [0.1, 0.15) is 25.3 Å². The zero-order valence-electron chi connectivity index (χ0n) is 14.5. The Kier molecular flexibility index (Phi) is 5.29. The molecule has 128 valence electrons. The summed E-state index contributed by atoms with van der Waals surface area (Å²) in [6, 6.07) is 8.59. The van der Waals surface area contributed by atoms with Gasteiger partial charge in [-0.25, -0.2) is 4.98 Å². The summed E-state index contributed by atoms with van der Waals surface area (Å²) < 4.78 is 5.15. The molecular weight excluding hydrogens is 320 g/mol. The number of ether oxygens (including phenoxy) is 1. The molecule has 0 spiro atoms. The Bertz CT molecular complexity index is 739. The Morgan fingerprint density at radius 2 is 2.08 bits per heavy atom. The number of rotatable bonds is 4. The van der Waals surface area contributed by atoms with Gasteiger partial charge in [-0.15, -0.1) is 11.8 Å². The largest absolute Gasteiger partial charge is 0.466 e. The van der Waals surface area contributed by atoms with Gasteiger partial charge in [-0.05, 0) is 62.8 Å². The molecule has 0 amide bonds. The Labute approximate surface area is 147 Å². The van der Waals surface area contributed by atoms with E-state index >= 15 is 0 Å². The summed E-state index contributed by atoms with van der Waals surface area (Å²) in [5.74, 6) is 0.996. The third-order valence-corrected chi connectivity index (χ3v) is 5.37. The summed E-state index contributed by atoms with van der Waals surface area (Å²) in [6.07, 6.45) is 3.76. The molecule has 1 saturated heterocycles. The Morgan fingerprint density at radius 1 is 1.33 bits per heavy atom. The Balaban J connectivity index is 1.77. The van der Waals surface area contributed by atoms with E-state index in [1.54, 1.807) is 11.8 Å². The summed E-state index contributed by atoms with van der Waals surface area (Å²) in [5, 5.41) is 1.21. The minimum Gasteiger partial charge on any atom is -0.466 e. The van der Waals surface area contributed by atoms with Crippen molar-refractivity contribution < 1.29 is 9.53 Å². The maximum absolute atomic E-state index is 11.9. The fourth-order valence-electron chi connectivity index (χ4n) is 3.25. The van der Waals surface area contributed by atoms with Gasteiger partial charge in [0.05, 0.1) is 18.0 Å². The van der Waals surface area contributed by atoms with E-state index in [1.165, 1.54) is 15.8 Å². The number of anilines is 1. The predicted octanol–water partition coefficient (Wildman–Crippen LogP) is 4.04. The molecule has 1 aliphatic rings. The molecule has 1 aromatic heterocycles. The lowest BCUT2D eigenvalue weighted by molar-refractivity contribution is -0.148. The Hall–Kier alpha value is -1.75. The first-order valence-corrected chi connectivity index (χ1v) is 9.71. The highest BCUT2D eigenvalue weighted by Crippen LogP contribution is 2.29. The van der Waals surface area contributed by atoms with Crippen LogP contribution in [0, 0.1) is 12.8 Å². The molecule has 0 aliphatic carbocycles. The van der Waals surface area contributed by atoms with Gasteiger partial charge in [0.15, 0.2) is 0 Å². The number of nitrogens with zero attached hydrogens (tertiary/aromatic N) is 2. The van der Waals surface area contributed by atoms with E-state index < -0.39 is 0 Å². The van der Waals surface area contributed by atoms with E-state index in [-0.39, 0.29) is 11.9 Å². The summed E-state index contributed by atoms with van der Waals surface area (Å²) in [4.78, 5) is 20.3. The maximum atomic E-state index is 11.9. The van der Waals surface area contributed by atoms with Crippen molar-refractivity contribution in [3.8, 4) is 0 Å². The van der Waals surface area contributed by atoms with E-state index in [0.717, 1.165) is 37.3 Å². The van der Waals surface area contributed by atoms with Crippen LogP contribution in [-0.2, 0) is 9.53 Å². The second-order valence-electron chi connectivity index (χ2n) is 6.19. The van der Waals surface area contributed by atoms with E-state index in [0.29, 0.717) is 6.61 Å². The lowest BCUT2D eigenvalue weighted by Gasteiger charge is -2.32. The summed E-state index contributed by atoms with van der Waals surface area (Å²) in [7, 11) is 0. The number of hydrogen-bond donors (Lipinski definition) is 0. The van der Waals surface area contributed by atoms with Gasteiger partial charge in [0.25, 0.3) is 0 Å². The second-order valence-corrected chi connectivity index (χ2v) is 7.07. The van der Waals surface area contributed by atoms with Crippen molar-refractivity contribution in [2.75, 3.05) is 30.9 Å². The zero-order chi connectivity index (χ0) is 17.1. The minimum atomic E-state index is -0.0515. The smallest absolute Gasteiger partial charge is 0.309 e. The fourth-order valence-corrected chi connectivity index (χ4v) is 3.69. The van der Waals surface area contributed by atoms with Gasteiger partial charge in [-0.2, -0.15) is 0 Å². The monoisotopic (exact) mass is 344 g/mol. The predicted molar refractivity (Wildman–Crippen MR) is 99.8 cm³/mol. The standard InChI is InChI=1S/C19H24N2O2S/c1-4-23-19(22)14-7-9-21(10-8-14)18-11-13(2)16-12-15(24-3)5-6-17(16)20-18/h5-6,11-12,14H,4,7-10H2,1-3H3. The molecule has 0 saturated carbocycles. The molecule has 3 rings (SSSR count). The molecule has 24 heavy (non-hydrogen) atoms. The normalized spacial score (nSPS) is 15.7. The van der Waals surface area contributed by atoms with Gasteiger partial charge in [-0.1, -0.05) is 0 Å². The van der Waals surface area contributed by atoms with Crippen LogP contribution >= 0.6 is 11.8 Å². The highest BCUT2D eigenvalue weighted by molar-refractivity contribution is 7.98. The van der Waals surface area contributed by atoms with Gasteiger partial charge >= 0.3 is 5.97 Å². The van der Waals surface area contributed by atoms with E-state index in [4.69, 9.17) is 9.72 Å². The second kappa shape index (κ2) is 7.43. The molecule has 0 atom stereocenters. The first-order valence-electron chi connectivity index (χ1n) is 8.49. The number of carbonyl (C=O) groups excluding carboxylic acids is 1. The van der Waals surface area contributed by atoms with Gasteiger partial charge in [0.1, 0.15) is 5.82 Å². The van der Waals surface area contributed by atoms with Crippen molar-refractivity contribution in [1.29, 1.82) is 0 Å². The van der Waals surface area contributed by atoms with Crippen molar-refractivity contribution in [2.45, 2.75) is 31.6 Å². The van der Waals surface area contributed by atoms with Crippen LogP contribution in [-0.4, -0.2) is 36.9 Å². The van der Waals surface area contributed by atoms with E-state index in [1.807, 2.05) is 6.92 Å². The van der Waals surface area contributed by atoms with Crippen molar-refractivity contribution >= 4 is 34.5 Å². The van der Waals surface area contributed by atoms with Crippen molar-refractivity contribution in [3.63, 3.8) is 0 Å². The molecule has 2 heterocycles. The lowest BCUT2D eigenvalue weighted by Crippen LogP contribution is -2.37. The average molecular weight is 344 g/mol. The number of thioether (sulfide) groups is 1. The number of piperidine rings is 1. The van der Waals surface area contributed by atoms with Crippen molar-refractivity contribution in [3.05, 3.63) is 29.8 Å². The molecular formula is C19H24N2O2S. The quantitative estimate of drug-likeness (QED) is 0.618. The molecule has 4 nitrogen and oxygen atoms in total. The summed E-state index contributed by atoms with van der Waals surface area (Å²) in [6.45, 7) is 6.16. The van der Waals surface area contributed by atoms with E-state index in [2.05, 4.69) is 42.3 Å². The molecule has 5 heteroatoms. The molecule has 0 bridgehead atoms. The van der Waals surface area contributed by atoms with Crippen LogP contribution < -0.4 is 4.90 Å². The van der Waals surface area contributed by atoms with Crippen LogP contribution in [0.4, 0.5) is 5.82 Å². The summed E-state index contributed by atoms with van der Waals surface area (Å²) >= 11 is 1.75. The minimum absolute atomic E-state index is 0.0342. The third kappa shape index (κ3) is 3.51. The van der Waals surface area contributed by atoms with Gasteiger partial charge in [-0.3, -0.25) is 4.79 Å². The number of benzene rings is 1.